The van der Waals surface area contributed by atoms with Crippen LogP contribution in [0.15, 0.2) is 29.3 Å². The van der Waals surface area contributed by atoms with E-state index in [9.17, 15) is 0 Å². The Hall–Kier alpha value is -1.06. The second-order valence-electron chi connectivity index (χ2n) is 7.08. The van der Waals surface area contributed by atoms with E-state index in [1.807, 2.05) is 19.1 Å². The Bertz CT molecular complexity index is 562. The van der Waals surface area contributed by atoms with Crippen LogP contribution in [0.4, 0.5) is 0 Å². The Balaban J connectivity index is 0.00000420. The van der Waals surface area contributed by atoms with Crippen molar-refractivity contribution in [2.24, 2.45) is 4.99 Å². The third-order valence-corrected chi connectivity index (χ3v) is 5.06. The number of ether oxygens (including phenoxy) is 2. The van der Waals surface area contributed by atoms with Crippen molar-refractivity contribution in [1.82, 2.24) is 15.5 Å². The minimum atomic E-state index is 0. The third kappa shape index (κ3) is 9.53. The van der Waals surface area contributed by atoms with E-state index in [0.29, 0.717) is 6.04 Å². The minimum absolute atomic E-state index is 0. The van der Waals surface area contributed by atoms with Crippen LogP contribution < -0.4 is 15.4 Å². The molecule has 0 aliphatic carbocycles. The van der Waals surface area contributed by atoms with Crippen molar-refractivity contribution in [2.45, 2.75) is 45.6 Å². The number of unbranched alkanes of at least 4 members (excludes halogenated alkanes) is 1. The molecule has 1 aliphatic heterocycles. The highest BCUT2D eigenvalue weighted by molar-refractivity contribution is 14.0. The van der Waals surface area contributed by atoms with Crippen molar-refractivity contribution in [3.8, 4) is 5.75 Å². The summed E-state index contributed by atoms with van der Waals surface area (Å²) < 4.78 is 10.7. The Kier molecular flexibility index (Phi) is 14.1. The van der Waals surface area contributed by atoms with Gasteiger partial charge in [0.1, 0.15) is 5.75 Å². The first-order chi connectivity index (χ1) is 13.8. The van der Waals surface area contributed by atoms with Crippen molar-refractivity contribution < 1.29 is 9.47 Å². The summed E-state index contributed by atoms with van der Waals surface area (Å²) in [6.45, 7) is 10.6. The number of benzene rings is 1. The fraction of sp³-hybridized carbons (Fsp3) is 0.682. The van der Waals surface area contributed by atoms with E-state index in [-0.39, 0.29) is 24.0 Å². The largest absolute Gasteiger partial charge is 0.497 e. The van der Waals surface area contributed by atoms with Gasteiger partial charge in [-0.15, -0.1) is 24.0 Å². The first-order valence-electron chi connectivity index (χ1n) is 10.8. The smallest absolute Gasteiger partial charge is 0.191 e. The average Bonchev–Trinajstić information content (AvgIpc) is 3.25. The van der Waals surface area contributed by atoms with E-state index in [4.69, 9.17) is 14.5 Å². The number of methoxy groups -OCH3 is 1. The summed E-state index contributed by atoms with van der Waals surface area (Å²) in [5.41, 5.74) is 1.30. The molecule has 166 valence electrons. The minimum Gasteiger partial charge on any atom is -0.497 e. The van der Waals surface area contributed by atoms with Crippen LogP contribution in [-0.2, 0) is 4.74 Å². The van der Waals surface area contributed by atoms with Crippen LogP contribution >= 0.6 is 24.0 Å². The Morgan fingerprint density at radius 1 is 1.10 bits per heavy atom. The molecule has 0 amide bonds. The topological polar surface area (TPSA) is 58.1 Å². The monoisotopic (exact) mass is 518 g/mol. The lowest BCUT2D eigenvalue weighted by Crippen LogP contribution is -2.39. The Labute approximate surface area is 193 Å². The molecule has 29 heavy (non-hydrogen) atoms. The highest BCUT2D eigenvalue weighted by Crippen LogP contribution is 2.27. The molecule has 0 spiro atoms. The van der Waals surface area contributed by atoms with E-state index in [2.05, 4.69) is 34.6 Å². The molecule has 1 heterocycles. The second kappa shape index (κ2) is 15.7. The average molecular weight is 518 g/mol. The Morgan fingerprint density at radius 3 is 2.45 bits per heavy atom. The maximum atomic E-state index is 5.40. The lowest BCUT2D eigenvalue weighted by Gasteiger charge is -2.27. The van der Waals surface area contributed by atoms with Gasteiger partial charge >= 0.3 is 0 Å². The molecule has 0 bridgehead atoms. The van der Waals surface area contributed by atoms with Crippen LogP contribution in [0.3, 0.4) is 0 Å². The summed E-state index contributed by atoms with van der Waals surface area (Å²) in [7, 11) is 1.71. The number of rotatable bonds is 12. The number of hydrogen-bond donors (Lipinski definition) is 2. The van der Waals surface area contributed by atoms with Crippen molar-refractivity contribution in [1.29, 1.82) is 0 Å². The van der Waals surface area contributed by atoms with Crippen LogP contribution in [0.1, 0.15) is 51.1 Å². The van der Waals surface area contributed by atoms with Gasteiger partial charge in [-0.25, -0.2) is 0 Å². The van der Waals surface area contributed by atoms with E-state index in [1.165, 1.54) is 18.4 Å². The van der Waals surface area contributed by atoms with Crippen LogP contribution in [0.2, 0.25) is 0 Å². The molecule has 1 fully saturated rings. The quantitative estimate of drug-likeness (QED) is 0.191. The van der Waals surface area contributed by atoms with Gasteiger partial charge in [-0.1, -0.05) is 12.1 Å². The summed E-state index contributed by atoms with van der Waals surface area (Å²) in [5, 5.41) is 6.83. The number of likely N-dealkylation sites (tertiary alicyclic amines) is 1. The van der Waals surface area contributed by atoms with Crippen LogP contribution in [-0.4, -0.2) is 63.9 Å². The van der Waals surface area contributed by atoms with Crippen LogP contribution in [0, 0.1) is 0 Å². The van der Waals surface area contributed by atoms with Crippen molar-refractivity contribution >= 4 is 29.9 Å². The Morgan fingerprint density at radius 2 is 1.83 bits per heavy atom. The van der Waals surface area contributed by atoms with Gasteiger partial charge < -0.3 is 20.1 Å². The molecule has 1 aliphatic rings. The van der Waals surface area contributed by atoms with Gasteiger partial charge in [0.05, 0.1) is 19.7 Å². The zero-order valence-corrected chi connectivity index (χ0v) is 20.6. The molecule has 1 unspecified atom stereocenters. The first kappa shape index (κ1) is 26.0. The maximum absolute atomic E-state index is 5.40. The fourth-order valence-corrected chi connectivity index (χ4v) is 3.51. The highest BCUT2D eigenvalue weighted by atomic mass is 127. The molecule has 1 atom stereocenters. The first-order valence-corrected chi connectivity index (χ1v) is 10.8. The van der Waals surface area contributed by atoms with E-state index >= 15 is 0 Å². The molecule has 1 aromatic rings. The van der Waals surface area contributed by atoms with E-state index in [1.54, 1.807) is 7.11 Å². The van der Waals surface area contributed by atoms with Gasteiger partial charge in [0, 0.05) is 26.3 Å². The molecule has 0 saturated carbocycles. The van der Waals surface area contributed by atoms with Gasteiger partial charge in [-0.05, 0) is 70.3 Å². The van der Waals surface area contributed by atoms with Crippen LogP contribution in [0.5, 0.6) is 5.75 Å². The predicted octanol–water partition coefficient (Wildman–Crippen LogP) is 3.82. The van der Waals surface area contributed by atoms with E-state index in [0.717, 1.165) is 70.5 Å². The fourth-order valence-electron chi connectivity index (χ4n) is 3.51. The number of halogens is 1. The number of nitrogens with zero attached hydrogens (tertiary/aromatic N) is 2. The predicted molar refractivity (Wildman–Crippen MR) is 132 cm³/mol. The number of nitrogens with one attached hydrogen (secondary N) is 2. The molecule has 2 rings (SSSR count). The standard InChI is InChI=1S/C22H38N4O2.HI/c1-4-23-22(24-14-6-9-17-28-5-2)25-18-21(26-15-7-8-16-26)19-10-12-20(27-3)13-11-19;/h10-13,21H,4-9,14-18H2,1-3H3,(H2,23,24,25);1H. The lowest BCUT2D eigenvalue weighted by atomic mass is 10.1. The normalized spacial score (nSPS) is 15.6. The summed E-state index contributed by atoms with van der Waals surface area (Å²) in [6, 6.07) is 8.74. The summed E-state index contributed by atoms with van der Waals surface area (Å²) in [4.78, 5) is 7.45. The van der Waals surface area contributed by atoms with Crippen molar-refractivity contribution in [3.05, 3.63) is 29.8 Å². The molecule has 6 nitrogen and oxygen atoms in total. The molecule has 0 radical (unpaired) electrons. The van der Waals surface area contributed by atoms with Gasteiger partial charge in [-0.3, -0.25) is 9.89 Å². The van der Waals surface area contributed by atoms with Crippen LogP contribution in [0.25, 0.3) is 0 Å². The second-order valence-corrected chi connectivity index (χ2v) is 7.08. The van der Waals surface area contributed by atoms with E-state index < -0.39 is 0 Å². The van der Waals surface area contributed by atoms with Gasteiger partial charge in [-0.2, -0.15) is 0 Å². The van der Waals surface area contributed by atoms with Gasteiger partial charge in [0.2, 0.25) is 0 Å². The summed E-state index contributed by atoms with van der Waals surface area (Å²) in [6.07, 6.45) is 4.70. The molecule has 1 aromatic carbocycles. The van der Waals surface area contributed by atoms with Crippen molar-refractivity contribution in [3.63, 3.8) is 0 Å². The molecule has 0 aromatic heterocycles. The molecule has 7 heteroatoms. The molecule has 1 saturated heterocycles. The third-order valence-electron chi connectivity index (χ3n) is 5.06. The molecular weight excluding hydrogens is 479 g/mol. The zero-order chi connectivity index (χ0) is 20.0. The summed E-state index contributed by atoms with van der Waals surface area (Å²) in [5.74, 6) is 1.80. The SMILES string of the molecule is CCNC(=NCC(c1ccc(OC)cc1)N1CCCC1)NCCCCOCC.I. The van der Waals surface area contributed by atoms with Gasteiger partial charge in [0.15, 0.2) is 5.96 Å². The number of aliphatic imine (C=N–C) groups is 1. The summed E-state index contributed by atoms with van der Waals surface area (Å²) >= 11 is 0. The molecule has 2 N–H and O–H groups in total. The number of hydrogen-bond acceptors (Lipinski definition) is 4. The van der Waals surface area contributed by atoms with Gasteiger partial charge in [0.25, 0.3) is 0 Å². The number of guanidine groups is 1. The zero-order valence-electron chi connectivity index (χ0n) is 18.3. The maximum Gasteiger partial charge on any atom is 0.191 e. The van der Waals surface area contributed by atoms with Crippen molar-refractivity contribution in [2.75, 3.05) is 53.0 Å². The highest BCUT2D eigenvalue weighted by Gasteiger charge is 2.23. The molecular formula is C22H39IN4O2. The lowest BCUT2D eigenvalue weighted by molar-refractivity contribution is 0.143.